The van der Waals surface area contributed by atoms with Crippen LogP contribution in [0.25, 0.3) is 6.08 Å². The van der Waals surface area contributed by atoms with E-state index in [-0.39, 0.29) is 12.6 Å². The Bertz CT molecular complexity index is 903. The molecule has 1 fully saturated rings. The first kappa shape index (κ1) is 19.0. The van der Waals surface area contributed by atoms with Gasteiger partial charge >= 0.3 is 0 Å². The lowest BCUT2D eigenvalue weighted by molar-refractivity contribution is -0.121. The molecule has 1 amide bonds. The number of thiocarbonyl (C=S) groups is 1. The minimum absolute atomic E-state index is 0.175. The Morgan fingerprint density at radius 3 is 2.81 bits per heavy atom. The highest BCUT2D eigenvalue weighted by Crippen LogP contribution is 2.35. The van der Waals surface area contributed by atoms with Crippen molar-refractivity contribution in [1.29, 1.82) is 0 Å². The fraction of sp³-hybridized carbons (Fsp3) is 0.111. The monoisotopic (exact) mass is 424 g/mol. The second kappa shape index (κ2) is 8.31. The number of halogens is 2. The van der Waals surface area contributed by atoms with Gasteiger partial charge in [-0.1, -0.05) is 65.4 Å². The van der Waals surface area contributed by atoms with Crippen molar-refractivity contribution >= 4 is 69.2 Å². The van der Waals surface area contributed by atoms with Gasteiger partial charge in [0.1, 0.15) is 10.1 Å². The minimum Gasteiger partial charge on any atom is -0.497 e. The van der Waals surface area contributed by atoms with E-state index in [2.05, 4.69) is 5.32 Å². The summed E-state index contributed by atoms with van der Waals surface area (Å²) < 4.78 is 5.67. The number of amides is 1. The van der Waals surface area contributed by atoms with Crippen molar-refractivity contribution in [2.75, 3.05) is 19.1 Å². The molecule has 3 rings (SSSR count). The molecule has 0 unspecified atom stereocenters. The summed E-state index contributed by atoms with van der Waals surface area (Å²) in [6.45, 7) is 0.262. The molecule has 0 spiro atoms. The summed E-state index contributed by atoms with van der Waals surface area (Å²) in [5, 5.41) is 4.03. The molecule has 0 radical (unpaired) electrons. The zero-order valence-electron chi connectivity index (χ0n) is 13.7. The molecule has 134 valence electrons. The molecule has 8 heteroatoms. The molecule has 1 saturated heterocycles. The molecule has 1 aliphatic rings. The molecule has 26 heavy (non-hydrogen) atoms. The van der Waals surface area contributed by atoms with E-state index in [1.165, 1.54) is 16.7 Å². The Balaban J connectivity index is 1.74. The molecule has 0 aliphatic carbocycles. The van der Waals surface area contributed by atoms with Gasteiger partial charge in [-0.2, -0.15) is 0 Å². The van der Waals surface area contributed by atoms with Gasteiger partial charge in [-0.25, -0.2) is 0 Å². The predicted molar refractivity (Wildman–Crippen MR) is 113 cm³/mol. The smallest absolute Gasteiger partial charge is 0.267 e. The van der Waals surface area contributed by atoms with E-state index in [1.54, 1.807) is 31.4 Å². The van der Waals surface area contributed by atoms with Crippen LogP contribution in [0.4, 0.5) is 5.69 Å². The largest absolute Gasteiger partial charge is 0.497 e. The Kier molecular flexibility index (Phi) is 6.09. The first-order chi connectivity index (χ1) is 12.5. The van der Waals surface area contributed by atoms with Gasteiger partial charge in [0.2, 0.25) is 0 Å². The van der Waals surface area contributed by atoms with Gasteiger partial charge < -0.3 is 10.1 Å². The zero-order valence-corrected chi connectivity index (χ0v) is 16.8. The number of nitrogens with one attached hydrogen (secondary N) is 1. The third-order valence-electron chi connectivity index (χ3n) is 3.65. The Labute approximate surface area is 171 Å². The number of thioether (sulfide) groups is 1. The highest BCUT2D eigenvalue weighted by atomic mass is 35.5. The topological polar surface area (TPSA) is 41.6 Å². The number of hydrogen-bond acceptors (Lipinski definition) is 5. The standard InChI is InChI=1S/C18H14Cl2N2O2S2/c1-24-13-6-3-5-12(9-13)21-10-22-17(23)15(26-18(22)25)8-11-4-2-7-14(19)16(11)20/h2-9,21H,10H2,1H3/b15-8+. The molecule has 2 aromatic rings. The highest BCUT2D eigenvalue weighted by molar-refractivity contribution is 8.26. The molecular formula is C18H14Cl2N2O2S2. The number of carbonyl (C=O) groups excluding carboxylic acids is 1. The molecule has 1 heterocycles. The van der Waals surface area contributed by atoms with Crippen molar-refractivity contribution in [3.05, 3.63) is 63.0 Å². The van der Waals surface area contributed by atoms with E-state index in [0.717, 1.165) is 11.4 Å². The summed E-state index contributed by atoms with van der Waals surface area (Å²) in [5.74, 6) is 0.558. The summed E-state index contributed by atoms with van der Waals surface area (Å²) in [6, 6.07) is 12.7. The fourth-order valence-electron chi connectivity index (χ4n) is 2.31. The number of ether oxygens (including phenoxy) is 1. The Morgan fingerprint density at radius 2 is 2.04 bits per heavy atom. The van der Waals surface area contributed by atoms with Crippen molar-refractivity contribution < 1.29 is 9.53 Å². The van der Waals surface area contributed by atoms with Gasteiger partial charge in [0, 0.05) is 11.8 Å². The van der Waals surface area contributed by atoms with Crippen molar-refractivity contribution in [3.63, 3.8) is 0 Å². The predicted octanol–water partition coefficient (Wildman–Crippen LogP) is 5.27. The van der Waals surface area contributed by atoms with Gasteiger partial charge in [0.25, 0.3) is 5.91 Å². The molecule has 1 N–H and O–H groups in total. The van der Waals surface area contributed by atoms with Crippen molar-refractivity contribution in [3.8, 4) is 5.75 Å². The van der Waals surface area contributed by atoms with Crippen LogP contribution in [0.1, 0.15) is 5.56 Å². The number of benzene rings is 2. The highest BCUT2D eigenvalue weighted by Gasteiger charge is 2.32. The maximum atomic E-state index is 12.7. The maximum absolute atomic E-state index is 12.7. The molecule has 0 atom stereocenters. The van der Waals surface area contributed by atoms with Crippen LogP contribution in [0.5, 0.6) is 5.75 Å². The summed E-state index contributed by atoms with van der Waals surface area (Å²) in [5.41, 5.74) is 1.51. The third-order valence-corrected chi connectivity index (χ3v) is 5.86. The van der Waals surface area contributed by atoms with Crippen LogP contribution in [0.15, 0.2) is 47.4 Å². The first-order valence-corrected chi connectivity index (χ1v) is 9.55. The van der Waals surface area contributed by atoms with E-state index in [4.69, 9.17) is 40.2 Å². The van der Waals surface area contributed by atoms with Gasteiger partial charge in [0.05, 0.1) is 28.7 Å². The molecular weight excluding hydrogens is 411 g/mol. The van der Waals surface area contributed by atoms with Crippen LogP contribution < -0.4 is 10.1 Å². The van der Waals surface area contributed by atoms with Crippen LogP contribution in [-0.2, 0) is 4.79 Å². The summed E-state index contributed by atoms with van der Waals surface area (Å²) in [4.78, 5) is 14.7. The van der Waals surface area contributed by atoms with Crippen LogP contribution in [-0.4, -0.2) is 28.9 Å². The zero-order chi connectivity index (χ0) is 18.7. The first-order valence-electron chi connectivity index (χ1n) is 7.57. The average molecular weight is 425 g/mol. The van der Waals surface area contributed by atoms with E-state index >= 15 is 0 Å². The Morgan fingerprint density at radius 1 is 1.27 bits per heavy atom. The quantitative estimate of drug-likeness (QED) is 0.522. The lowest BCUT2D eigenvalue weighted by atomic mass is 10.2. The van der Waals surface area contributed by atoms with Gasteiger partial charge in [-0.05, 0) is 29.8 Å². The van der Waals surface area contributed by atoms with E-state index < -0.39 is 0 Å². The average Bonchev–Trinajstić information content (AvgIpc) is 2.90. The van der Waals surface area contributed by atoms with Crippen LogP contribution in [0.2, 0.25) is 10.0 Å². The molecule has 0 saturated carbocycles. The van der Waals surface area contributed by atoms with E-state index in [0.29, 0.717) is 24.8 Å². The van der Waals surface area contributed by atoms with Gasteiger partial charge in [-0.3, -0.25) is 9.69 Å². The summed E-state index contributed by atoms with van der Waals surface area (Å²) in [6.07, 6.45) is 1.71. The minimum atomic E-state index is -0.175. The van der Waals surface area contributed by atoms with Crippen molar-refractivity contribution in [2.24, 2.45) is 0 Å². The number of methoxy groups -OCH3 is 1. The maximum Gasteiger partial charge on any atom is 0.267 e. The normalized spacial score (nSPS) is 15.7. The van der Waals surface area contributed by atoms with Crippen LogP contribution >= 0.6 is 47.2 Å². The van der Waals surface area contributed by atoms with E-state index in [1.807, 2.05) is 24.3 Å². The molecule has 2 aromatic carbocycles. The van der Waals surface area contributed by atoms with Crippen molar-refractivity contribution in [1.82, 2.24) is 4.90 Å². The number of anilines is 1. The van der Waals surface area contributed by atoms with Gasteiger partial charge in [-0.15, -0.1) is 0 Å². The van der Waals surface area contributed by atoms with Crippen LogP contribution in [0, 0.1) is 0 Å². The second-order valence-corrected chi connectivity index (χ2v) is 7.78. The summed E-state index contributed by atoms with van der Waals surface area (Å²) >= 11 is 18.8. The number of rotatable bonds is 5. The number of nitrogens with zero attached hydrogens (tertiary/aromatic N) is 1. The van der Waals surface area contributed by atoms with E-state index in [9.17, 15) is 4.79 Å². The molecule has 1 aliphatic heterocycles. The summed E-state index contributed by atoms with van der Waals surface area (Å²) in [7, 11) is 1.60. The second-order valence-electron chi connectivity index (χ2n) is 5.32. The molecule has 0 aromatic heterocycles. The number of hydrogen-bond donors (Lipinski definition) is 1. The fourth-order valence-corrected chi connectivity index (χ4v) is 3.92. The third kappa shape index (κ3) is 4.15. The lowest BCUT2D eigenvalue weighted by Gasteiger charge is -2.16. The van der Waals surface area contributed by atoms with Crippen molar-refractivity contribution in [2.45, 2.75) is 0 Å². The van der Waals surface area contributed by atoms with Crippen LogP contribution in [0.3, 0.4) is 0 Å². The lowest BCUT2D eigenvalue weighted by Crippen LogP contribution is -2.33. The molecule has 4 nitrogen and oxygen atoms in total. The molecule has 0 bridgehead atoms. The van der Waals surface area contributed by atoms with Gasteiger partial charge in [0.15, 0.2) is 0 Å². The SMILES string of the molecule is COc1cccc(NCN2C(=O)/C(=C\c3cccc(Cl)c3Cl)SC2=S)c1. The number of carbonyl (C=O) groups is 1. The Hall–Kier alpha value is -1.73.